The topological polar surface area (TPSA) is 418 Å². The summed E-state index contributed by atoms with van der Waals surface area (Å²) in [5.74, 6) is -15.7. The molecule has 0 radical (unpaired) electrons. The number of aromatic nitrogens is 1. The minimum Gasteiger partial charge on any atom is -0.394 e. The minimum absolute atomic E-state index is 0.0542. The summed E-state index contributed by atoms with van der Waals surface area (Å²) >= 11 is 2.30. The summed E-state index contributed by atoms with van der Waals surface area (Å²) in [4.78, 5) is 200. The third kappa shape index (κ3) is 19.6. The summed E-state index contributed by atoms with van der Waals surface area (Å²) in [5, 5.41) is 54.1. The van der Waals surface area contributed by atoms with Crippen molar-refractivity contribution in [3.63, 3.8) is 0 Å². The number of fused-ring (bicyclic) bond motifs is 5. The van der Waals surface area contributed by atoms with E-state index in [1.54, 1.807) is 89.4 Å². The maximum Gasteiger partial charge on any atom is 0.243 e. The number of imide groups is 1. The molecule has 1 aromatic heterocycles. The lowest BCUT2D eigenvalue weighted by Crippen LogP contribution is -2.56. The van der Waals surface area contributed by atoms with Gasteiger partial charge in [-0.15, -0.1) is 11.8 Å². The Kier molecular flexibility index (Phi) is 26.6. The zero-order valence-corrected chi connectivity index (χ0v) is 55.9. The van der Waals surface area contributed by atoms with Crippen LogP contribution in [0.15, 0.2) is 53.6 Å². The molecule has 12 N–H and O–H groups in total. The van der Waals surface area contributed by atoms with Crippen LogP contribution in [0.1, 0.15) is 104 Å². The number of aliphatic hydroxyl groups excluding tert-OH is 3. The molecule has 2 aromatic carbocycles. The number of para-hydroxylation sites is 1. The quantitative estimate of drug-likeness (QED) is 0.0659. The average molecular weight is 1360 g/mol. The van der Waals surface area contributed by atoms with E-state index in [-0.39, 0.29) is 68.7 Å². The maximum atomic E-state index is 15.1. The average Bonchev–Trinajstić information content (AvgIpc) is 1.77. The number of hydrogen-bond acceptors (Lipinski definition) is 19. The Morgan fingerprint density at radius 2 is 1.46 bits per heavy atom. The first-order valence-electron chi connectivity index (χ1n) is 32.0. The van der Waals surface area contributed by atoms with Crippen LogP contribution < -0.4 is 42.5 Å². The third-order valence-corrected chi connectivity index (χ3v) is 20.1. The van der Waals surface area contributed by atoms with E-state index < -0.39 is 193 Å². The van der Waals surface area contributed by atoms with Gasteiger partial charge in [-0.1, -0.05) is 78.3 Å². The Hall–Kier alpha value is -8.06. The number of aromatic amines is 1. The van der Waals surface area contributed by atoms with Crippen molar-refractivity contribution < 1.29 is 82.4 Å². The first kappa shape index (κ1) is 74.3. The van der Waals surface area contributed by atoms with E-state index >= 15 is 9.59 Å². The fraction of sp³-hybridized carbons (Fsp3) is 0.569. The molecule has 95 heavy (non-hydrogen) atoms. The van der Waals surface area contributed by atoms with Crippen molar-refractivity contribution in [3.8, 4) is 0 Å². The number of carbonyl (C=O) groups excluding carboxylic acids is 14. The van der Waals surface area contributed by atoms with Gasteiger partial charge >= 0.3 is 0 Å². The minimum atomic E-state index is -1.58. The predicted molar refractivity (Wildman–Crippen MR) is 349 cm³/mol. The van der Waals surface area contributed by atoms with Crippen LogP contribution in [0.25, 0.3) is 10.9 Å². The SMILES string of the molecule is CC[C@H](C)[C@@H]1NC(=O)CNC(=O)[C@H]2Cc3c([nH]c4ccccc34)SC[C@H](NC(=O)CNC1=O)C(=O)C[C@@H](CC(=O)NCc1ccc(NC(=O)[C@H](C)CC(=O)C(NC(=O)CCN3C(=O)CC(SC)C3=O)C(C)C)cc1)C(=O)N1C[C@H](O)C[C@H]1C(=O)C[C@@H]([C@@H](C)[C@@H](O)CO)C(=O)N2. The fourth-order valence-corrected chi connectivity index (χ4v) is 13.8. The van der Waals surface area contributed by atoms with E-state index in [1.165, 1.54) is 18.7 Å². The second-order valence-corrected chi connectivity index (χ2v) is 27.4. The number of benzene rings is 2. The van der Waals surface area contributed by atoms with Gasteiger partial charge in [0, 0.05) is 105 Å². The lowest BCUT2D eigenvalue weighted by Gasteiger charge is -2.31. The number of aliphatic hydroxyl groups is 3. The molecule has 3 aromatic rings. The largest absolute Gasteiger partial charge is 0.394 e. The van der Waals surface area contributed by atoms with Crippen LogP contribution in [0.4, 0.5) is 5.69 Å². The van der Waals surface area contributed by atoms with Crippen LogP contribution in [0.3, 0.4) is 0 Å². The summed E-state index contributed by atoms with van der Waals surface area (Å²) in [6.45, 7) is 6.99. The highest BCUT2D eigenvalue weighted by Gasteiger charge is 2.46. The van der Waals surface area contributed by atoms with Crippen molar-refractivity contribution in [2.75, 3.05) is 50.1 Å². The zero-order chi connectivity index (χ0) is 69.5. The molecule has 11 amide bonds. The fourth-order valence-electron chi connectivity index (χ4n) is 12.0. The molecule has 30 heteroatoms. The molecule has 13 atom stereocenters. The predicted octanol–water partition coefficient (Wildman–Crippen LogP) is -0.0738. The number of carbonyl (C=O) groups is 14. The van der Waals surface area contributed by atoms with Crippen LogP contribution in [-0.4, -0.2) is 205 Å². The van der Waals surface area contributed by atoms with Gasteiger partial charge in [-0.2, -0.15) is 11.8 Å². The molecule has 2 bridgehead atoms. The van der Waals surface area contributed by atoms with Gasteiger partial charge in [-0.05, 0) is 53.3 Å². The number of nitrogens with one attached hydrogen (secondary N) is 9. The summed E-state index contributed by atoms with van der Waals surface area (Å²) < 4.78 is 0. The second-order valence-electron chi connectivity index (χ2n) is 25.3. The van der Waals surface area contributed by atoms with Crippen molar-refractivity contribution in [2.45, 2.75) is 159 Å². The number of rotatable bonds is 20. The number of nitrogens with zero attached hydrogens (tertiary/aromatic N) is 2. The van der Waals surface area contributed by atoms with Gasteiger partial charge in [-0.3, -0.25) is 72.0 Å². The van der Waals surface area contributed by atoms with Gasteiger partial charge in [0.1, 0.15) is 12.1 Å². The Labute approximate surface area is 558 Å². The molecule has 516 valence electrons. The number of H-pyrrole nitrogens is 1. The molecule has 0 saturated carbocycles. The molecule has 2 unspecified atom stereocenters. The van der Waals surface area contributed by atoms with Gasteiger partial charge < -0.3 is 67.7 Å². The van der Waals surface area contributed by atoms with E-state index in [0.29, 0.717) is 39.2 Å². The van der Waals surface area contributed by atoms with Gasteiger partial charge in [0.05, 0.1) is 66.2 Å². The van der Waals surface area contributed by atoms with Crippen LogP contribution >= 0.6 is 23.5 Å². The number of ketones is 3. The molecule has 0 spiro atoms. The van der Waals surface area contributed by atoms with Gasteiger partial charge in [0.25, 0.3) is 0 Å². The Bertz CT molecular complexity index is 3400. The molecule has 4 aliphatic rings. The normalized spacial score (nSPS) is 24.7. The second kappa shape index (κ2) is 34.1. The van der Waals surface area contributed by atoms with E-state index in [1.807, 2.05) is 0 Å². The Morgan fingerprint density at radius 3 is 2.13 bits per heavy atom. The first-order chi connectivity index (χ1) is 45.1. The van der Waals surface area contributed by atoms with Crippen LogP contribution in [0.2, 0.25) is 0 Å². The number of hydrogen-bond donors (Lipinski definition) is 12. The van der Waals surface area contributed by atoms with Crippen LogP contribution in [0.5, 0.6) is 0 Å². The van der Waals surface area contributed by atoms with Crippen LogP contribution in [0, 0.1) is 35.5 Å². The van der Waals surface area contributed by atoms with Gasteiger partial charge in [0.15, 0.2) is 17.3 Å². The Morgan fingerprint density at radius 1 is 0.779 bits per heavy atom. The molecule has 7 rings (SSSR count). The highest BCUT2D eigenvalue weighted by atomic mass is 32.2. The Balaban J connectivity index is 1.13. The molecule has 28 nitrogen and oxygen atoms in total. The summed E-state index contributed by atoms with van der Waals surface area (Å²) in [6, 6.07) is 6.68. The molecule has 4 aliphatic heterocycles. The van der Waals surface area contributed by atoms with Crippen molar-refractivity contribution in [1.82, 2.24) is 52.0 Å². The number of Topliss-reactive ketones (excluding diaryl/α,β-unsaturated/α-hetero) is 3. The third-order valence-electron chi connectivity index (χ3n) is 18.0. The van der Waals surface area contributed by atoms with Gasteiger partial charge in [-0.25, -0.2) is 0 Å². The molecule has 2 saturated heterocycles. The van der Waals surface area contributed by atoms with Crippen molar-refractivity contribution in [1.29, 1.82) is 0 Å². The summed E-state index contributed by atoms with van der Waals surface area (Å²) in [6.07, 6.45) is -3.86. The van der Waals surface area contributed by atoms with Crippen molar-refractivity contribution >= 4 is 122 Å². The van der Waals surface area contributed by atoms with E-state index in [2.05, 4.69) is 47.5 Å². The number of anilines is 1. The van der Waals surface area contributed by atoms with E-state index in [4.69, 9.17) is 0 Å². The monoisotopic (exact) mass is 1360 g/mol. The van der Waals surface area contributed by atoms with E-state index in [0.717, 1.165) is 21.6 Å². The molecule has 0 aliphatic carbocycles. The summed E-state index contributed by atoms with van der Waals surface area (Å²) in [5.41, 5.74) is 1.87. The standard InChI is InChI=1S/C65H87N11O17S2/c1-8-33(4)58-62(91)68-27-54(85)70-45-31-95-63-42(40-11-9-10-12-43(40)72-63)23-44(61(90)67-28-55(86)74-58)71-60(89)41(35(6)50(82)30-77)24-48(80)46-22-39(78)29-76(46)64(92)37(20-47(45)79)21-53(84)66-26-36-13-15-38(16-14-36)69-59(88)34(5)19-49(81)57(32(2)3)73-52(83)17-18-75-56(87)25-51(94-7)65(75)93/h9-16,32-35,37,39,41,44-46,50-51,57-58,72,77-78,82H,8,17-31H2,1-7H3,(H,66,84)(H,67,90)(H,68,91)(H,69,88)(H,70,85)(H,71,89)(H,73,83)(H,74,86)/t33-,34+,35+,37-,39+,41-,44+,45-,46-,50-,51?,57?,58-/m0/s1. The lowest BCUT2D eigenvalue weighted by atomic mass is 9.83. The van der Waals surface area contributed by atoms with Crippen LogP contribution in [-0.2, 0) is 80.1 Å². The van der Waals surface area contributed by atoms with Crippen molar-refractivity contribution in [3.05, 3.63) is 59.7 Å². The van der Waals surface area contributed by atoms with Crippen molar-refractivity contribution in [2.24, 2.45) is 35.5 Å². The number of thioether (sulfide) groups is 2. The van der Waals surface area contributed by atoms with E-state index in [9.17, 15) is 72.9 Å². The highest BCUT2D eigenvalue weighted by Crippen LogP contribution is 2.34. The molecular weight excluding hydrogens is 1270 g/mol. The molecule has 5 heterocycles. The first-order valence-corrected chi connectivity index (χ1v) is 34.2. The number of likely N-dealkylation sites (tertiary alicyclic amines) is 1. The lowest BCUT2D eigenvalue weighted by molar-refractivity contribution is -0.145. The smallest absolute Gasteiger partial charge is 0.243 e. The highest BCUT2D eigenvalue weighted by molar-refractivity contribution is 8.00. The summed E-state index contributed by atoms with van der Waals surface area (Å²) in [7, 11) is 0. The molecule has 2 fully saturated rings. The van der Waals surface area contributed by atoms with Gasteiger partial charge in [0.2, 0.25) is 65.0 Å². The maximum absolute atomic E-state index is 15.1. The number of amides is 11. The molecular formula is C65H87N11O17S2. The zero-order valence-electron chi connectivity index (χ0n) is 54.3.